The van der Waals surface area contributed by atoms with E-state index in [1.807, 2.05) is 11.3 Å². The van der Waals surface area contributed by atoms with Gasteiger partial charge in [-0.05, 0) is 79.1 Å². The first-order valence-electron chi connectivity index (χ1n) is 8.13. The molecule has 0 aliphatic heterocycles. The number of thiophene rings is 1. The number of anilines is 1. The summed E-state index contributed by atoms with van der Waals surface area (Å²) in [7, 11) is -1.05. The van der Waals surface area contributed by atoms with Crippen molar-refractivity contribution in [1.29, 1.82) is 0 Å². The third-order valence-corrected chi connectivity index (χ3v) is 7.99. The van der Waals surface area contributed by atoms with Crippen molar-refractivity contribution in [2.45, 2.75) is 46.8 Å². The monoisotopic (exact) mass is 405 g/mol. The van der Waals surface area contributed by atoms with E-state index in [-0.39, 0.29) is 0 Å². The van der Waals surface area contributed by atoms with E-state index in [1.54, 1.807) is 0 Å². The molecule has 1 aromatic carbocycles. The van der Waals surface area contributed by atoms with Gasteiger partial charge in [0.2, 0.25) is 0 Å². The second-order valence-electron chi connectivity index (χ2n) is 6.80. The summed E-state index contributed by atoms with van der Waals surface area (Å²) in [5, 5.41) is 2.25. The molecule has 0 saturated carbocycles. The molecule has 4 heteroatoms. The lowest BCUT2D eigenvalue weighted by atomic mass is 10.1. The Labute approximate surface area is 153 Å². The van der Waals surface area contributed by atoms with Crippen LogP contribution in [0.25, 0.3) is 5.57 Å². The van der Waals surface area contributed by atoms with Crippen LogP contribution < -0.4 is 4.57 Å². The number of hydrogen-bond donors (Lipinski definition) is 0. The zero-order valence-electron chi connectivity index (χ0n) is 14.7. The Kier molecular flexibility index (Phi) is 4.60. The minimum atomic E-state index is -1.05. The van der Waals surface area contributed by atoms with Gasteiger partial charge in [-0.1, -0.05) is 29.0 Å². The van der Waals surface area contributed by atoms with Gasteiger partial charge in [0.1, 0.15) is 8.96 Å². The van der Waals surface area contributed by atoms with Crippen molar-refractivity contribution in [3.8, 4) is 0 Å². The summed E-state index contributed by atoms with van der Waals surface area (Å²) >= 11 is 5.56. The zero-order valence-corrected chi connectivity index (χ0v) is 18.3. The molecule has 0 spiro atoms. The van der Waals surface area contributed by atoms with Crippen LogP contribution in [0, 0.1) is 13.8 Å². The van der Waals surface area contributed by atoms with Crippen molar-refractivity contribution in [2.24, 2.45) is 0 Å². The van der Waals surface area contributed by atoms with Gasteiger partial charge in [0.25, 0.3) is 0 Å². The Bertz CT molecular complexity index is 767. The Morgan fingerprint density at radius 3 is 2.26 bits per heavy atom. The number of fused-ring (bicyclic) bond motifs is 1. The van der Waals surface area contributed by atoms with Gasteiger partial charge in [-0.25, -0.2) is 0 Å². The van der Waals surface area contributed by atoms with Crippen LogP contribution in [0.15, 0.2) is 33.6 Å². The van der Waals surface area contributed by atoms with Gasteiger partial charge in [-0.15, -0.1) is 11.3 Å². The summed E-state index contributed by atoms with van der Waals surface area (Å²) in [6, 6.07) is 7.22. The molecule has 0 N–H and O–H groups in total. The van der Waals surface area contributed by atoms with Crippen molar-refractivity contribution >= 4 is 47.5 Å². The standard InChI is InChI=1S/C19H24BrNSSi/c1-11-9-15(20)10-12(2)17(11)21(23(5)6)18-14(4)13(3)16-7-8-22-19(16)18/h7-10,18,23H,1-6H3. The molecule has 1 aliphatic carbocycles. The van der Waals surface area contributed by atoms with Crippen LogP contribution >= 0.6 is 27.3 Å². The smallest absolute Gasteiger partial charge is 0.135 e. The molecule has 2 aromatic rings. The van der Waals surface area contributed by atoms with Gasteiger partial charge in [-0.2, -0.15) is 0 Å². The number of nitrogens with zero attached hydrogens (tertiary/aromatic N) is 1. The van der Waals surface area contributed by atoms with Crippen molar-refractivity contribution in [3.63, 3.8) is 0 Å². The number of allylic oxidation sites excluding steroid dienone is 1. The van der Waals surface area contributed by atoms with E-state index in [0.29, 0.717) is 6.04 Å². The maximum atomic E-state index is 3.64. The summed E-state index contributed by atoms with van der Waals surface area (Å²) in [6.07, 6.45) is 0. The van der Waals surface area contributed by atoms with Crippen LogP contribution in [0.2, 0.25) is 13.1 Å². The Balaban J connectivity index is 2.20. The molecule has 122 valence electrons. The molecule has 0 saturated heterocycles. The lowest BCUT2D eigenvalue weighted by Crippen LogP contribution is -2.39. The van der Waals surface area contributed by atoms with Gasteiger partial charge in [0.05, 0.1) is 6.04 Å². The largest absolute Gasteiger partial charge is 0.390 e. The SMILES string of the molecule is CC1=C(C)C(N(c2c(C)cc(Br)cc2C)[SiH](C)C)c2sccc21. The molecular weight excluding hydrogens is 382 g/mol. The summed E-state index contributed by atoms with van der Waals surface area (Å²) in [6.45, 7) is 14.0. The number of rotatable bonds is 3. The van der Waals surface area contributed by atoms with Gasteiger partial charge in [-0.3, -0.25) is 0 Å². The van der Waals surface area contributed by atoms with Gasteiger partial charge in [0, 0.05) is 15.0 Å². The molecule has 23 heavy (non-hydrogen) atoms. The summed E-state index contributed by atoms with van der Waals surface area (Å²) in [5.41, 5.74) is 8.63. The number of halogens is 1. The minimum absolute atomic E-state index is 0.426. The van der Waals surface area contributed by atoms with E-state index >= 15 is 0 Å². The van der Waals surface area contributed by atoms with E-state index in [0.717, 1.165) is 0 Å². The normalized spacial score (nSPS) is 17.1. The Morgan fingerprint density at radius 1 is 1.09 bits per heavy atom. The number of benzene rings is 1. The lowest BCUT2D eigenvalue weighted by molar-refractivity contribution is 0.857. The minimum Gasteiger partial charge on any atom is -0.390 e. The Hall–Kier alpha value is -0.843. The molecule has 0 radical (unpaired) electrons. The third kappa shape index (κ3) is 2.75. The molecule has 1 aliphatic rings. The summed E-state index contributed by atoms with van der Waals surface area (Å²) in [5.74, 6) is 0. The summed E-state index contributed by atoms with van der Waals surface area (Å²) < 4.78 is 3.92. The number of hydrogen-bond acceptors (Lipinski definition) is 2. The van der Waals surface area contributed by atoms with Crippen molar-refractivity contribution in [2.75, 3.05) is 4.57 Å². The van der Waals surface area contributed by atoms with Crippen molar-refractivity contribution in [3.05, 3.63) is 55.2 Å². The van der Waals surface area contributed by atoms with E-state index in [9.17, 15) is 0 Å². The van der Waals surface area contributed by atoms with E-state index in [4.69, 9.17) is 0 Å². The molecule has 1 atom stereocenters. The topological polar surface area (TPSA) is 3.24 Å². The van der Waals surface area contributed by atoms with Crippen LogP contribution in [0.1, 0.15) is 41.5 Å². The van der Waals surface area contributed by atoms with Gasteiger partial charge in [0.15, 0.2) is 0 Å². The van der Waals surface area contributed by atoms with Crippen molar-refractivity contribution in [1.82, 2.24) is 0 Å². The van der Waals surface area contributed by atoms with Crippen LogP contribution in [0.5, 0.6) is 0 Å². The maximum absolute atomic E-state index is 3.64. The molecule has 1 heterocycles. The molecule has 0 bridgehead atoms. The molecule has 1 unspecified atom stereocenters. The highest BCUT2D eigenvalue weighted by molar-refractivity contribution is 9.10. The molecule has 3 rings (SSSR count). The average Bonchev–Trinajstić information content (AvgIpc) is 2.99. The quantitative estimate of drug-likeness (QED) is 0.529. The van der Waals surface area contributed by atoms with Gasteiger partial charge >= 0.3 is 0 Å². The average molecular weight is 406 g/mol. The van der Waals surface area contributed by atoms with Crippen LogP contribution in [-0.2, 0) is 0 Å². The first-order valence-corrected chi connectivity index (χ1v) is 12.6. The second kappa shape index (κ2) is 6.23. The Morgan fingerprint density at radius 2 is 1.70 bits per heavy atom. The zero-order chi connectivity index (χ0) is 16.9. The summed E-state index contributed by atoms with van der Waals surface area (Å²) in [4.78, 5) is 1.53. The highest BCUT2D eigenvalue weighted by Crippen LogP contribution is 2.49. The number of aryl methyl sites for hydroxylation is 2. The molecular formula is C19H24BrNSSi. The second-order valence-corrected chi connectivity index (χ2v) is 11.4. The predicted octanol–water partition coefficient (Wildman–Crippen LogP) is 6.47. The molecule has 1 nitrogen and oxygen atoms in total. The maximum Gasteiger partial charge on any atom is 0.135 e. The molecule has 0 fully saturated rings. The van der Waals surface area contributed by atoms with Crippen LogP contribution in [-0.4, -0.2) is 8.96 Å². The third-order valence-electron chi connectivity index (χ3n) is 4.90. The lowest BCUT2D eigenvalue weighted by Gasteiger charge is -2.38. The first kappa shape index (κ1) is 17.0. The van der Waals surface area contributed by atoms with Crippen LogP contribution in [0.4, 0.5) is 5.69 Å². The predicted molar refractivity (Wildman–Crippen MR) is 110 cm³/mol. The van der Waals surface area contributed by atoms with Crippen molar-refractivity contribution < 1.29 is 0 Å². The highest BCUT2D eigenvalue weighted by Gasteiger charge is 2.35. The van der Waals surface area contributed by atoms with E-state index in [1.165, 1.54) is 42.9 Å². The fourth-order valence-corrected chi connectivity index (χ4v) is 7.59. The first-order chi connectivity index (χ1) is 10.8. The van der Waals surface area contributed by atoms with Gasteiger partial charge < -0.3 is 4.57 Å². The molecule has 1 aromatic heterocycles. The molecule has 0 amide bonds. The highest BCUT2D eigenvalue weighted by atomic mass is 79.9. The fraction of sp³-hybridized carbons (Fsp3) is 0.368. The van der Waals surface area contributed by atoms with E-state index in [2.05, 4.69) is 84.9 Å². The fourth-order valence-electron chi connectivity index (χ4n) is 3.79. The van der Waals surface area contributed by atoms with Crippen LogP contribution in [0.3, 0.4) is 0 Å². The van der Waals surface area contributed by atoms with E-state index < -0.39 is 8.96 Å².